The van der Waals surface area contributed by atoms with Gasteiger partial charge in [0, 0.05) is 18.8 Å². The van der Waals surface area contributed by atoms with Crippen LogP contribution >= 0.6 is 0 Å². The van der Waals surface area contributed by atoms with E-state index in [4.69, 9.17) is 0 Å². The minimum atomic E-state index is 0.0139. The Morgan fingerprint density at radius 1 is 1.41 bits per heavy atom. The molecule has 0 bridgehead atoms. The summed E-state index contributed by atoms with van der Waals surface area (Å²) in [5.74, 6) is 0.0139. The Morgan fingerprint density at radius 2 is 2.06 bits per heavy atom. The standard InChI is InChI=1S/C12H20N4O/c1-8-11(9(2)16(3)15-8)12(17)14-10-4-6-13-7-5-10/h10,13H,4-7H2,1-3H3,(H,14,17). The number of aromatic nitrogens is 2. The van der Waals surface area contributed by atoms with Gasteiger partial charge in [-0.25, -0.2) is 0 Å². The van der Waals surface area contributed by atoms with Crippen molar-refractivity contribution in [2.45, 2.75) is 32.7 Å². The van der Waals surface area contributed by atoms with Gasteiger partial charge in [-0.2, -0.15) is 5.10 Å². The van der Waals surface area contributed by atoms with Gasteiger partial charge in [0.25, 0.3) is 5.91 Å². The SMILES string of the molecule is Cc1nn(C)c(C)c1C(=O)NC1CCNCC1. The summed E-state index contributed by atoms with van der Waals surface area (Å²) in [6.45, 7) is 5.77. The number of aryl methyl sites for hydroxylation is 2. The van der Waals surface area contributed by atoms with Gasteiger partial charge in [-0.15, -0.1) is 0 Å². The molecule has 1 aliphatic heterocycles. The van der Waals surface area contributed by atoms with Gasteiger partial charge in [-0.05, 0) is 39.8 Å². The molecule has 0 radical (unpaired) electrons. The summed E-state index contributed by atoms with van der Waals surface area (Å²) in [5.41, 5.74) is 2.46. The van der Waals surface area contributed by atoms with Crippen molar-refractivity contribution in [3.63, 3.8) is 0 Å². The zero-order chi connectivity index (χ0) is 12.4. The van der Waals surface area contributed by atoms with Gasteiger partial charge in [-0.3, -0.25) is 9.48 Å². The normalized spacial score (nSPS) is 17.1. The van der Waals surface area contributed by atoms with E-state index in [1.54, 1.807) is 4.68 Å². The van der Waals surface area contributed by atoms with Crippen molar-refractivity contribution >= 4 is 5.91 Å². The molecule has 1 fully saturated rings. The van der Waals surface area contributed by atoms with E-state index in [0.717, 1.165) is 42.9 Å². The molecule has 1 aliphatic rings. The number of piperidine rings is 1. The Hall–Kier alpha value is -1.36. The molecule has 2 N–H and O–H groups in total. The molecule has 0 spiro atoms. The lowest BCUT2D eigenvalue weighted by Gasteiger charge is -2.23. The molecular weight excluding hydrogens is 216 g/mol. The fourth-order valence-corrected chi connectivity index (χ4v) is 2.33. The van der Waals surface area contributed by atoms with Crippen molar-refractivity contribution in [2.75, 3.05) is 13.1 Å². The van der Waals surface area contributed by atoms with Crippen molar-refractivity contribution in [3.8, 4) is 0 Å². The first-order chi connectivity index (χ1) is 8.09. The first-order valence-corrected chi connectivity index (χ1v) is 6.11. The highest BCUT2D eigenvalue weighted by Crippen LogP contribution is 2.13. The average Bonchev–Trinajstić information content (AvgIpc) is 2.54. The summed E-state index contributed by atoms with van der Waals surface area (Å²) in [4.78, 5) is 12.2. The summed E-state index contributed by atoms with van der Waals surface area (Å²) in [6.07, 6.45) is 2.01. The molecule has 17 heavy (non-hydrogen) atoms. The van der Waals surface area contributed by atoms with Crippen molar-refractivity contribution in [1.82, 2.24) is 20.4 Å². The molecule has 5 heteroatoms. The number of carbonyl (C=O) groups excluding carboxylic acids is 1. The third-order valence-corrected chi connectivity index (χ3v) is 3.41. The average molecular weight is 236 g/mol. The number of carbonyl (C=O) groups is 1. The second kappa shape index (κ2) is 4.87. The van der Waals surface area contributed by atoms with Gasteiger partial charge in [0.2, 0.25) is 0 Å². The Labute approximate surface area is 102 Å². The summed E-state index contributed by atoms with van der Waals surface area (Å²) in [5, 5.41) is 10.7. The maximum Gasteiger partial charge on any atom is 0.255 e. The second-order valence-corrected chi connectivity index (χ2v) is 4.67. The number of amides is 1. The molecule has 94 valence electrons. The van der Waals surface area contributed by atoms with Crippen LogP contribution in [-0.4, -0.2) is 34.8 Å². The highest BCUT2D eigenvalue weighted by Gasteiger charge is 2.21. The molecule has 1 saturated heterocycles. The Kier molecular flexibility index (Phi) is 3.47. The van der Waals surface area contributed by atoms with E-state index >= 15 is 0 Å². The summed E-state index contributed by atoms with van der Waals surface area (Å²) >= 11 is 0. The molecule has 1 aromatic heterocycles. The fourth-order valence-electron chi connectivity index (χ4n) is 2.33. The predicted molar refractivity (Wildman–Crippen MR) is 66.0 cm³/mol. The van der Waals surface area contributed by atoms with E-state index in [1.165, 1.54) is 0 Å². The molecule has 5 nitrogen and oxygen atoms in total. The molecule has 0 aromatic carbocycles. The van der Waals surface area contributed by atoms with Gasteiger partial charge in [-0.1, -0.05) is 0 Å². The molecule has 2 heterocycles. The highest BCUT2D eigenvalue weighted by molar-refractivity contribution is 5.96. The Bertz CT molecular complexity index is 418. The molecular formula is C12H20N4O. The number of hydrogen-bond acceptors (Lipinski definition) is 3. The van der Waals surface area contributed by atoms with Crippen molar-refractivity contribution in [3.05, 3.63) is 17.0 Å². The lowest BCUT2D eigenvalue weighted by molar-refractivity contribution is 0.0928. The molecule has 0 unspecified atom stereocenters. The Morgan fingerprint density at radius 3 is 2.59 bits per heavy atom. The molecule has 1 amide bonds. The Balaban J connectivity index is 2.08. The fraction of sp³-hybridized carbons (Fsp3) is 0.667. The lowest BCUT2D eigenvalue weighted by Crippen LogP contribution is -2.43. The molecule has 2 rings (SSSR count). The minimum absolute atomic E-state index is 0.0139. The highest BCUT2D eigenvalue weighted by atomic mass is 16.1. The van der Waals surface area contributed by atoms with Crippen molar-refractivity contribution in [1.29, 1.82) is 0 Å². The summed E-state index contributed by atoms with van der Waals surface area (Å²) in [7, 11) is 1.86. The van der Waals surface area contributed by atoms with Gasteiger partial charge < -0.3 is 10.6 Å². The zero-order valence-corrected chi connectivity index (χ0v) is 10.7. The lowest BCUT2D eigenvalue weighted by atomic mass is 10.1. The van der Waals surface area contributed by atoms with E-state index in [1.807, 2.05) is 20.9 Å². The number of rotatable bonds is 2. The summed E-state index contributed by atoms with van der Waals surface area (Å²) < 4.78 is 1.76. The van der Waals surface area contributed by atoms with Gasteiger partial charge >= 0.3 is 0 Å². The topological polar surface area (TPSA) is 59.0 Å². The smallest absolute Gasteiger partial charge is 0.255 e. The van der Waals surface area contributed by atoms with Crippen LogP contribution in [0.3, 0.4) is 0 Å². The molecule has 0 saturated carbocycles. The van der Waals surface area contributed by atoms with E-state index in [-0.39, 0.29) is 5.91 Å². The largest absolute Gasteiger partial charge is 0.349 e. The minimum Gasteiger partial charge on any atom is -0.349 e. The molecule has 0 aliphatic carbocycles. The summed E-state index contributed by atoms with van der Waals surface area (Å²) in [6, 6.07) is 0.294. The van der Waals surface area contributed by atoms with Crippen molar-refractivity contribution in [2.24, 2.45) is 7.05 Å². The quantitative estimate of drug-likeness (QED) is 0.787. The first kappa shape index (κ1) is 12.1. The second-order valence-electron chi connectivity index (χ2n) is 4.67. The predicted octanol–water partition coefficient (Wildman–Crippen LogP) is 0.519. The van der Waals surface area contributed by atoms with Crippen LogP contribution in [0.15, 0.2) is 0 Å². The van der Waals surface area contributed by atoms with Crippen LogP contribution in [-0.2, 0) is 7.05 Å². The van der Waals surface area contributed by atoms with Crippen LogP contribution in [0.1, 0.15) is 34.6 Å². The van der Waals surface area contributed by atoms with E-state index in [2.05, 4.69) is 15.7 Å². The van der Waals surface area contributed by atoms with E-state index in [0.29, 0.717) is 6.04 Å². The maximum absolute atomic E-state index is 12.2. The zero-order valence-electron chi connectivity index (χ0n) is 10.7. The van der Waals surface area contributed by atoms with Crippen LogP contribution in [0.25, 0.3) is 0 Å². The van der Waals surface area contributed by atoms with Gasteiger partial charge in [0.15, 0.2) is 0 Å². The van der Waals surface area contributed by atoms with E-state index in [9.17, 15) is 4.79 Å². The van der Waals surface area contributed by atoms with Gasteiger partial charge in [0.05, 0.1) is 11.3 Å². The monoisotopic (exact) mass is 236 g/mol. The van der Waals surface area contributed by atoms with Gasteiger partial charge in [0.1, 0.15) is 0 Å². The third-order valence-electron chi connectivity index (χ3n) is 3.41. The molecule has 0 atom stereocenters. The number of hydrogen-bond donors (Lipinski definition) is 2. The van der Waals surface area contributed by atoms with E-state index < -0.39 is 0 Å². The first-order valence-electron chi connectivity index (χ1n) is 6.11. The number of nitrogens with one attached hydrogen (secondary N) is 2. The van der Waals surface area contributed by atoms with Crippen LogP contribution < -0.4 is 10.6 Å². The van der Waals surface area contributed by atoms with Crippen molar-refractivity contribution < 1.29 is 4.79 Å². The van der Waals surface area contributed by atoms with Crippen LogP contribution in [0, 0.1) is 13.8 Å². The maximum atomic E-state index is 12.2. The number of nitrogens with zero attached hydrogens (tertiary/aromatic N) is 2. The molecule has 1 aromatic rings. The third kappa shape index (κ3) is 2.49. The van der Waals surface area contributed by atoms with Crippen LogP contribution in [0.5, 0.6) is 0 Å². The van der Waals surface area contributed by atoms with Crippen LogP contribution in [0.2, 0.25) is 0 Å². The van der Waals surface area contributed by atoms with Crippen LogP contribution in [0.4, 0.5) is 0 Å².